The number of methoxy groups -OCH3 is 2. The summed E-state index contributed by atoms with van der Waals surface area (Å²) >= 11 is 18.0. The SMILES string of the molecule is CCOC(=O)c1cc(-c2csc(-c3cnc(Nc4ccc(F)c(Cl)c4)nc3NCCCOC)n2)on1.COCCCNc1nc(Nc2ccc(F)c(Cl)c2)ncc1C(N)=S. The van der Waals surface area contributed by atoms with Crippen molar-refractivity contribution in [3.05, 3.63) is 93.2 Å². The molecule has 0 spiro atoms. The van der Waals surface area contributed by atoms with Crippen LogP contribution in [0.2, 0.25) is 10.0 Å². The van der Waals surface area contributed by atoms with Crippen LogP contribution in [0.5, 0.6) is 0 Å². The standard InChI is InChI=1S/C23H22ClFN6O4S.C15H17ClFN5OS/c1-3-34-22(32)17-10-19(35-31-17)18-12-36-21(29-18)14-11-27-23(30-20(14)26-7-4-8-33-2)28-13-5-6-16(25)15(24)9-13;1-23-6-2-5-19-14-10(13(18)24)8-20-15(22-14)21-9-3-4-12(17)11(16)7-9/h5-6,9-12H,3-4,7-8H2,1-2H3,(H2,26,27,28,30);3-4,7-8H,2,5-6H2,1H3,(H2,18,24)(H2,19,20,21,22). The molecule has 2 aromatic carbocycles. The number of halogens is 4. The van der Waals surface area contributed by atoms with Crippen LogP contribution in [0.15, 0.2) is 64.8 Å². The minimum absolute atomic E-state index is 0.0108. The Bertz CT molecular complexity index is 2390. The van der Waals surface area contributed by atoms with E-state index < -0.39 is 17.6 Å². The van der Waals surface area contributed by atoms with Gasteiger partial charge in [0.25, 0.3) is 0 Å². The van der Waals surface area contributed by atoms with Crippen LogP contribution in [0.1, 0.15) is 35.8 Å². The van der Waals surface area contributed by atoms with Gasteiger partial charge in [-0.3, -0.25) is 0 Å². The summed E-state index contributed by atoms with van der Waals surface area (Å²) in [6.07, 6.45) is 4.72. The van der Waals surface area contributed by atoms with Gasteiger partial charge >= 0.3 is 5.97 Å². The Morgan fingerprint density at radius 2 is 1.45 bits per heavy atom. The minimum Gasteiger partial charge on any atom is -0.461 e. The van der Waals surface area contributed by atoms with Gasteiger partial charge in [-0.1, -0.05) is 40.6 Å². The highest BCUT2D eigenvalue weighted by Gasteiger charge is 2.19. The van der Waals surface area contributed by atoms with Gasteiger partial charge in [0.15, 0.2) is 11.5 Å². The number of ether oxygens (including phenoxy) is 3. The summed E-state index contributed by atoms with van der Waals surface area (Å²) in [5.41, 5.74) is 8.58. The van der Waals surface area contributed by atoms with Gasteiger partial charge in [-0.05, 0) is 56.2 Å². The number of hydrogen-bond donors (Lipinski definition) is 5. The van der Waals surface area contributed by atoms with Gasteiger partial charge in [-0.15, -0.1) is 11.3 Å². The number of anilines is 6. The number of thiocarbonyl (C=S) groups is 1. The van der Waals surface area contributed by atoms with Crippen molar-refractivity contribution >= 4 is 92.6 Å². The first-order chi connectivity index (χ1) is 29.0. The van der Waals surface area contributed by atoms with Gasteiger partial charge in [-0.2, -0.15) is 9.97 Å². The molecular formula is C38H39Cl2F2N11O5S2. The minimum atomic E-state index is -0.565. The number of rotatable bonds is 19. The number of aromatic nitrogens is 6. The average molecular weight is 903 g/mol. The Balaban J connectivity index is 0.000000247. The molecule has 60 heavy (non-hydrogen) atoms. The summed E-state index contributed by atoms with van der Waals surface area (Å²) in [4.78, 5) is 34.2. The molecule has 0 amide bonds. The molecule has 0 bridgehead atoms. The smallest absolute Gasteiger partial charge is 0.360 e. The topological polar surface area (TPSA) is 209 Å². The molecule has 0 aliphatic heterocycles. The fourth-order valence-electron chi connectivity index (χ4n) is 4.95. The Morgan fingerprint density at radius 1 is 0.867 bits per heavy atom. The second kappa shape index (κ2) is 22.7. The van der Waals surface area contributed by atoms with Crippen LogP contribution in [0.4, 0.5) is 43.7 Å². The predicted octanol–water partition coefficient (Wildman–Crippen LogP) is 8.51. The number of nitrogens with one attached hydrogen (secondary N) is 4. The average Bonchev–Trinajstić information content (AvgIpc) is 3.93. The van der Waals surface area contributed by atoms with E-state index in [4.69, 9.17) is 59.9 Å². The summed E-state index contributed by atoms with van der Waals surface area (Å²) < 4.78 is 47.0. The van der Waals surface area contributed by atoms with E-state index in [1.807, 2.05) is 0 Å². The molecule has 6 N–H and O–H groups in total. The number of carbonyl (C=O) groups excluding carboxylic acids is 1. The summed E-state index contributed by atoms with van der Waals surface area (Å²) in [6, 6.07) is 9.99. The molecule has 0 aliphatic carbocycles. The lowest BCUT2D eigenvalue weighted by Gasteiger charge is -2.12. The molecule has 0 atom stereocenters. The quantitative estimate of drug-likeness (QED) is 0.0293. The largest absolute Gasteiger partial charge is 0.461 e. The summed E-state index contributed by atoms with van der Waals surface area (Å²) in [5.74, 6) is 0.430. The predicted molar refractivity (Wildman–Crippen MR) is 232 cm³/mol. The number of esters is 1. The Kier molecular flexibility index (Phi) is 17.2. The zero-order valence-electron chi connectivity index (χ0n) is 32.4. The van der Waals surface area contributed by atoms with E-state index in [0.717, 1.165) is 12.8 Å². The van der Waals surface area contributed by atoms with E-state index in [2.05, 4.69) is 51.3 Å². The Labute approximate surface area is 362 Å². The van der Waals surface area contributed by atoms with Crippen molar-refractivity contribution in [1.82, 2.24) is 30.1 Å². The highest BCUT2D eigenvalue weighted by molar-refractivity contribution is 7.80. The third-order valence-corrected chi connectivity index (χ3v) is 9.49. The van der Waals surface area contributed by atoms with Crippen molar-refractivity contribution in [3.8, 4) is 22.0 Å². The van der Waals surface area contributed by atoms with Crippen LogP contribution in [0, 0.1) is 11.6 Å². The van der Waals surface area contributed by atoms with Crippen LogP contribution in [-0.4, -0.2) is 88.2 Å². The molecular weight excluding hydrogens is 864 g/mol. The zero-order valence-corrected chi connectivity index (χ0v) is 35.5. The van der Waals surface area contributed by atoms with E-state index in [1.165, 1.54) is 53.9 Å². The molecule has 6 rings (SSSR count). The van der Waals surface area contributed by atoms with Crippen LogP contribution >= 0.6 is 46.8 Å². The molecule has 16 nitrogen and oxygen atoms in total. The van der Waals surface area contributed by atoms with E-state index in [9.17, 15) is 13.6 Å². The molecule has 22 heteroatoms. The number of nitrogens with two attached hydrogens (primary N) is 1. The van der Waals surface area contributed by atoms with Crippen molar-refractivity contribution in [2.75, 3.05) is 68.4 Å². The fraction of sp³-hybridized carbons (Fsp3) is 0.263. The Hall–Kier alpha value is -5.64. The molecule has 4 heterocycles. The van der Waals surface area contributed by atoms with Crippen LogP contribution in [0.25, 0.3) is 22.0 Å². The summed E-state index contributed by atoms with van der Waals surface area (Å²) in [5, 5.41) is 18.6. The van der Waals surface area contributed by atoms with Gasteiger partial charge in [0.1, 0.15) is 39.0 Å². The fourth-order valence-corrected chi connectivity index (χ4v) is 6.28. The van der Waals surface area contributed by atoms with Crippen LogP contribution in [-0.2, 0) is 14.2 Å². The van der Waals surface area contributed by atoms with Gasteiger partial charge in [0.2, 0.25) is 11.9 Å². The maximum Gasteiger partial charge on any atom is 0.360 e. The molecule has 4 aromatic heterocycles. The number of nitrogens with zero attached hydrogens (tertiary/aromatic N) is 6. The van der Waals surface area contributed by atoms with Crippen LogP contribution in [0.3, 0.4) is 0 Å². The lowest BCUT2D eigenvalue weighted by molar-refractivity contribution is 0.0514. The van der Waals surface area contributed by atoms with E-state index in [1.54, 1.807) is 38.8 Å². The van der Waals surface area contributed by atoms with Crippen molar-refractivity contribution in [3.63, 3.8) is 0 Å². The summed E-state index contributed by atoms with van der Waals surface area (Å²) in [6.45, 7) is 4.40. The highest BCUT2D eigenvalue weighted by atomic mass is 35.5. The van der Waals surface area contributed by atoms with Gasteiger partial charge in [0.05, 0.1) is 27.8 Å². The van der Waals surface area contributed by atoms with E-state index >= 15 is 0 Å². The normalized spacial score (nSPS) is 10.7. The third kappa shape index (κ3) is 12.9. The van der Waals surface area contributed by atoms with Crippen molar-refractivity contribution in [2.24, 2.45) is 5.73 Å². The molecule has 0 saturated heterocycles. The second-order valence-corrected chi connectivity index (χ2v) is 14.3. The van der Waals surface area contributed by atoms with Crippen molar-refractivity contribution < 1.29 is 32.3 Å². The lowest BCUT2D eigenvalue weighted by atomic mass is 10.3. The number of thiazole rings is 1. The van der Waals surface area contributed by atoms with E-state index in [0.29, 0.717) is 88.8 Å². The third-order valence-electron chi connectivity index (χ3n) is 7.81. The van der Waals surface area contributed by atoms with Gasteiger partial charge in [-0.25, -0.2) is 28.5 Å². The molecule has 0 aliphatic rings. The summed E-state index contributed by atoms with van der Waals surface area (Å²) in [7, 11) is 3.28. The van der Waals surface area contributed by atoms with Gasteiger partial charge in [0, 0.05) is 75.7 Å². The molecule has 316 valence electrons. The molecule has 0 fully saturated rings. The Morgan fingerprint density at radius 3 is 2.02 bits per heavy atom. The highest BCUT2D eigenvalue weighted by Crippen LogP contribution is 2.34. The zero-order chi connectivity index (χ0) is 43.0. The molecule has 0 radical (unpaired) electrons. The van der Waals surface area contributed by atoms with Crippen molar-refractivity contribution in [1.29, 1.82) is 0 Å². The first-order valence-corrected chi connectivity index (χ1v) is 20.1. The first-order valence-electron chi connectivity index (χ1n) is 18.0. The monoisotopic (exact) mass is 901 g/mol. The van der Waals surface area contributed by atoms with Gasteiger partial charge < -0.3 is 45.7 Å². The lowest BCUT2D eigenvalue weighted by Crippen LogP contribution is -2.17. The number of hydrogen-bond acceptors (Lipinski definition) is 17. The van der Waals surface area contributed by atoms with E-state index in [-0.39, 0.29) is 27.3 Å². The maximum atomic E-state index is 13.5. The van der Waals surface area contributed by atoms with Crippen LogP contribution < -0.4 is 27.0 Å². The maximum absolute atomic E-state index is 13.5. The second-order valence-electron chi connectivity index (χ2n) is 12.2. The molecule has 6 aromatic rings. The first kappa shape index (κ1) is 45.4. The molecule has 0 saturated carbocycles. The molecule has 0 unspecified atom stereocenters. The van der Waals surface area contributed by atoms with Crippen molar-refractivity contribution in [2.45, 2.75) is 19.8 Å². The number of carbonyl (C=O) groups is 1. The number of benzene rings is 2.